The summed E-state index contributed by atoms with van der Waals surface area (Å²) in [5.41, 5.74) is 0. The Hall–Kier alpha value is 1.10. The van der Waals surface area contributed by atoms with E-state index in [-0.39, 0.29) is 40.1 Å². The van der Waals surface area contributed by atoms with Gasteiger partial charge in [-0.1, -0.05) is 13.8 Å². The van der Waals surface area contributed by atoms with E-state index in [1.54, 1.807) is 45.4 Å². The van der Waals surface area contributed by atoms with E-state index in [0.717, 1.165) is 0 Å². The number of hydrogen-bond donors (Lipinski definition) is 0. The molecule has 95 valence electrons. The van der Waals surface area contributed by atoms with Crippen LogP contribution in [0.15, 0.2) is 0 Å². The molecule has 0 saturated heterocycles. The molecule has 4 aliphatic carbocycles. The van der Waals surface area contributed by atoms with Gasteiger partial charge in [-0.3, -0.25) is 0 Å². The Morgan fingerprint density at radius 1 is 0.625 bits per heavy atom. The van der Waals surface area contributed by atoms with Crippen molar-refractivity contribution in [3.8, 4) is 0 Å². The van der Waals surface area contributed by atoms with Crippen LogP contribution in [0.5, 0.6) is 0 Å². The first-order valence-corrected chi connectivity index (χ1v) is 6.61. The fraction of sp³-hybridized carbons (Fsp3) is 0.867. The Labute approximate surface area is 129 Å². The van der Waals surface area contributed by atoms with Gasteiger partial charge in [0.1, 0.15) is 0 Å². The Kier molecular flexibility index (Phi) is 12.2. The molecule has 0 unspecified atom stereocenters. The van der Waals surface area contributed by atoms with Crippen molar-refractivity contribution in [3.63, 3.8) is 0 Å². The molecule has 16 heavy (non-hydrogen) atoms. The predicted molar refractivity (Wildman–Crippen MR) is 70.5 cm³/mol. The van der Waals surface area contributed by atoms with E-state index in [4.69, 9.17) is 0 Å². The molecule has 0 aromatic rings. The van der Waals surface area contributed by atoms with Gasteiger partial charge in [-0.2, -0.15) is 6.92 Å². The van der Waals surface area contributed by atoms with Gasteiger partial charge in [0.2, 0.25) is 0 Å². The van der Waals surface area contributed by atoms with Gasteiger partial charge in [-0.15, -0.1) is 0 Å². The first kappa shape index (κ1) is 19.4. The largest absolute Gasteiger partial charge is 0.358 e. The molecule has 1 radical (unpaired) electrons. The Bertz CT molecular complexity index is 97.0. The molecule has 0 spiro atoms. The van der Waals surface area contributed by atoms with Crippen LogP contribution in [0.4, 0.5) is 0 Å². The van der Waals surface area contributed by atoms with Gasteiger partial charge in [0.05, 0.1) is 0 Å². The topological polar surface area (TPSA) is 0 Å². The molecule has 0 N–H and O–H groups in total. The zero-order valence-electron chi connectivity index (χ0n) is 11.8. The standard InChI is InChI=1S/C10H16.C2H6.C2H5.CH3.Y/c1-7-2-9-4-8(1)5-10(3-7)6-9;2*1-2;;/h7-10H,1-6H2;1-2H3;1H2,2H3;1H3;/q;;2*-1;. The number of hydrogen-bond acceptors (Lipinski definition) is 0. The summed E-state index contributed by atoms with van der Waals surface area (Å²) in [6.07, 6.45) is 9.62. The molecule has 0 heterocycles. The maximum atomic E-state index is 3.25. The first-order valence-electron chi connectivity index (χ1n) is 6.61. The van der Waals surface area contributed by atoms with Crippen molar-refractivity contribution >= 4 is 0 Å². The van der Waals surface area contributed by atoms with Gasteiger partial charge < -0.3 is 14.4 Å². The zero-order valence-corrected chi connectivity index (χ0v) is 14.7. The molecule has 0 amide bonds. The minimum absolute atomic E-state index is 0. The van der Waals surface area contributed by atoms with Crippen LogP contribution in [0.25, 0.3) is 0 Å². The molecular formula is C15H30Y-2. The van der Waals surface area contributed by atoms with Crippen molar-refractivity contribution in [1.29, 1.82) is 0 Å². The van der Waals surface area contributed by atoms with Crippen LogP contribution in [0, 0.1) is 38.0 Å². The van der Waals surface area contributed by atoms with Crippen LogP contribution >= 0.6 is 0 Å². The fourth-order valence-electron chi connectivity index (χ4n) is 3.98. The summed E-state index contributed by atoms with van der Waals surface area (Å²) < 4.78 is 0. The van der Waals surface area contributed by atoms with Crippen molar-refractivity contribution in [2.45, 2.75) is 59.3 Å². The van der Waals surface area contributed by atoms with Crippen LogP contribution in [0.1, 0.15) is 59.3 Å². The van der Waals surface area contributed by atoms with E-state index in [2.05, 4.69) is 6.92 Å². The molecule has 4 bridgehead atoms. The molecular weight excluding hydrogens is 269 g/mol. The summed E-state index contributed by atoms with van der Waals surface area (Å²) in [7, 11) is 0. The maximum absolute atomic E-state index is 3.25. The zero-order chi connectivity index (χ0) is 10.6. The summed E-state index contributed by atoms with van der Waals surface area (Å²) in [4.78, 5) is 0. The second-order valence-electron chi connectivity index (χ2n) is 4.88. The van der Waals surface area contributed by atoms with Gasteiger partial charge in [0.25, 0.3) is 0 Å². The fourth-order valence-corrected chi connectivity index (χ4v) is 3.98. The van der Waals surface area contributed by atoms with Crippen LogP contribution in [0.2, 0.25) is 0 Å². The molecule has 4 fully saturated rings. The second-order valence-corrected chi connectivity index (χ2v) is 4.88. The minimum atomic E-state index is 0. The van der Waals surface area contributed by atoms with E-state index in [1.807, 2.05) is 13.8 Å². The van der Waals surface area contributed by atoms with Crippen molar-refractivity contribution in [2.24, 2.45) is 23.7 Å². The van der Waals surface area contributed by atoms with E-state index in [1.165, 1.54) is 23.7 Å². The van der Waals surface area contributed by atoms with Gasteiger partial charge in [-0.05, 0) is 62.2 Å². The second kappa shape index (κ2) is 10.1. The van der Waals surface area contributed by atoms with Crippen LogP contribution in [-0.2, 0) is 32.7 Å². The Balaban J connectivity index is 0. The quantitative estimate of drug-likeness (QED) is 0.543. The number of rotatable bonds is 0. The van der Waals surface area contributed by atoms with E-state index in [9.17, 15) is 0 Å². The molecule has 0 nitrogen and oxygen atoms in total. The minimum Gasteiger partial charge on any atom is -0.358 e. The molecule has 0 atom stereocenters. The third-order valence-electron chi connectivity index (χ3n) is 4.00. The molecule has 4 rings (SSSR count). The summed E-state index contributed by atoms with van der Waals surface area (Å²) in [5.74, 6) is 4.71. The normalized spacial score (nSPS) is 36.8. The van der Waals surface area contributed by atoms with Crippen molar-refractivity contribution in [3.05, 3.63) is 14.4 Å². The average Bonchev–Trinajstić information content (AvgIpc) is 2.22. The van der Waals surface area contributed by atoms with E-state index < -0.39 is 0 Å². The van der Waals surface area contributed by atoms with Crippen LogP contribution in [0.3, 0.4) is 0 Å². The summed E-state index contributed by atoms with van der Waals surface area (Å²) >= 11 is 0. The summed E-state index contributed by atoms with van der Waals surface area (Å²) in [6, 6.07) is 0. The predicted octanol–water partition coefficient (Wildman–Crippen LogP) is 5.15. The molecule has 0 aliphatic heterocycles. The molecule has 0 aromatic carbocycles. The smallest absolute Gasteiger partial charge is 0 e. The monoisotopic (exact) mass is 299 g/mol. The molecule has 4 aliphatic rings. The van der Waals surface area contributed by atoms with Crippen molar-refractivity contribution in [1.82, 2.24) is 0 Å². The summed E-state index contributed by atoms with van der Waals surface area (Å²) in [6.45, 7) is 9.00. The van der Waals surface area contributed by atoms with Gasteiger partial charge in [-0.25, -0.2) is 0 Å². The summed E-state index contributed by atoms with van der Waals surface area (Å²) in [5, 5.41) is 0. The van der Waals surface area contributed by atoms with Crippen molar-refractivity contribution in [2.75, 3.05) is 0 Å². The van der Waals surface area contributed by atoms with E-state index >= 15 is 0 Å². The van der Waals surface area contributed by atoms with Crippen LogP contribution < -0.4 is 0 Å². The van der Waals surface area contributed by atoms with Crippen LogP contribution in [-0.4, -0.2) is 0 Å². The van der Waals surface area contributed by atoms with Gasteiger partial charge in [0, 0.05) is 32.7 Å². The average molecular weight is 299 g/mol. The molecule has 0 aromatic heterocycles. The third-order valence-corrected chi connectivity index (χ3v) is 4.00. The van der Waals surface area contributed by atoms with E-state index in [0.29, 0.717) is 0 Å². The third kappa shape index (κ3) is 4.77. The Morgan fingerprint density at radius 3 is 0.875 bits per heavy atom. The molecule has 1 heteroatoms. The molecule has 4 saturated carbocycles. The SMILES string of the molecule is C1C2CC3CC1CC(C2)C3.CC.[CH2-]C.[CH3-].[Y]. The Morgan fingerprint density at radius 2 is 0.750 bits per heavy atom. The maximum Gasteiger partial charge on any atom is 0 e. The first-order chi connectivity index (χ1) is 6.90. The van der Waals surface area contributed by atoms with Gasteiger partial charge in [0.15, 0.2) is 0 Å². The van der Waals surface area contributed by atoms with Crippen molar-refractivity contribution < 1.29 is 32.7 Å². The van der Waals surface area contributed by atoms with Gasteiger partial charge >= 0.3 is 0 Å².